The number of hydrogen-bond acceptors (Lipinski definition) is 3. The lowest BCUT2D eigenvalue weighted by Crippen LogP contribution is -2.55. The zero-order valence-electron chi connectivity index (χ0n) is 18.9. The summed E-state index contributed by atoms with van der Waals surface area (Å²) in [6.45, 7) is 11.8. The number of aryl methyl sites for hydroxylation is 1. The molecule has 0 atom stereocenters. The number of nitrogens with zero attached hydrogens (tertiary/aromatic N) is 2. The maximum atomic E-state index is 13.4. The molecular formula is C24H32ClN3O2. The third-order valence-corrected chi connectivity index (χ3v) is 5.24. The number of nitrogens with one attached hydrogen (secondary N) is 1. The number of carbonyl (C=O) groups is 2. The summed E-state index contributed by atoms with van der Waals surface area (Å²) in [6.07, 6.45) is 0.899. The van der Waals surface area contributed by atoms with Crippen LogP contribution in [0, 0.1) is 0 Å². The molecule has 0 saturated heterocycles. The smallest absolute Gasteiger partial charge is 0.272 e. The Morgan fingerprint density at radius 1 is 1.03 bits per heavy atom. The Bertz CT molecular complexity index is 902. The van der Waals surface area contributed by atoms with E-state index in [0.717, 1.165) is 17.7 Å². The molecule has 2 amide bonds. The van der Waals surface area contributed by atoms with E-state index in [1.165, 1.54) is 5.01 Å². The van der Waals surface area contributed by atoms with Crippen LogP contribution in [0.3, 0.4) is 0 Å². The molecule has 0 spiro atoms. The van der Waals surface area contributed by atoms with E-state index in [0.29, 0.717) is 16.1 Å². The molecule has 162 valence electrons. The van der Waals surface area contributed by atoms with Gasteiger partial charge in [0.05, 0.1) is 5.54 Å². The van der Waals surface area contributed by atoms with Gasteiger partial charge in [-0.2, -0.15) is 0 Å². The first-order valence-electron chi connectivity index (χ1n) is 10.2. The van der Waals surface area contributed by atoms with E-state index >= 15 is 0 Å². The number of amides is 2. The summed E-state index contributed by atoms with van der Waals surface area (Å²) in [7, 11) is 1.95. The minimum atomic E-state index is -0.636. The van der Waals surface area contributed by atoms with Crippen molar-refractivity contribution in [2.24, 2.45) is 0 Å². The number of hydrogen-bond donors (Lipinski definition) is 1. The fourth-order valence-corrected chi connectivity index (χ4v) is 3.14. The number of carbonyl (C=O) groups excluding carboxylic acids is 2. The Hall–Kier alpha value is -2.53. The number of anilines is 1. The molecule has 0 bridgehead atoms. The maximum absolute atomic E-state index is 13.4. The number of rotatable bonds is 5. The summed E-state index contributed by atoms with van der Waals surface area (Å²) in [6, 6.07) is 12.9. The summed E-state index contributed by atoms with van der Waals surface area (Å²) in [5.74, 6) is -0.649. The van der Waals surface area contributed by atoms with Crippen LogP contribution in [0.2, 0.25) is 5.02 Å². The van der Waals surface area contributed by atoms with Crippen LogP contribution in [0.25, 0.3) is 0 Å². The van der Waals surface area contributed by atoms with Gasteiger partial charge in [0.25, 0.3) is 11.8 Å². The topological polar surface area (TPSA) is 52.7 Å². The Kier molecular flexibility index (Phi) is 7.54. The standard InChI is InChI=1S/C24H32ClN3O2/c1-8-17-9-11-18(12-10-17)22(29)26-28(24(4,5)6)23(30)19-13-20(25)15-21(14-19)27(7)16(2)3/h9-16H,8H2,1-7H3,(H,26,29). The zero-order chi connectivity index (χ0) is 22.6. The van der Waals surface area contributed by atoms with Gasteiger partial charge in [-0.25, -0.2) is 5.01 Å². The van der Waals surface area contributed by atoms with Gasteiger partial charge in [0.2, 0.25) is 0 Å². The second kappa shape index (κ2) is 9.52. The summed E-state index contributed by atoms with van der Waals surface area (Å²) >= 11 is 6.31. The van der Waals surface area contributed by atoms with Gasteiger partial charge in [0.15, 0.2) is 0 Å². The lowest BCUT2D eigenvalue weighted by molar-refractivity contribution is 0.0358. The van der Waals surface area contributed by atoms with Gasteiger partial charge in [-0.05, 0) is 76.9 Å². The number of halogens is 1. The molecule has 0 aliphatic rings. The molecule has 5 nitrogen and oxygen atoms in total. The van der Waals surface area contributed by atoms with Gasteiger partial charge in [0.1, 0.15) is 0 Å². The Labute approximate surface area is 185 Å². The molecule has 0 heterocycles. The lowest BCUT2D eigenvalue weighted by atomic mass is 10.1. The summed E-state index contributed by atoms with van der Waals surface area (Å²) in [5, 5.41) is 1.84. The van der Waals surface area contributed by atoms with Crippen molar-refractivity contribution < 1.29 is 9.59 Å². The highest BCUT2D eigenvalue weighted by molar-refractivity contribution is 6.31. The summed E-state index contributed by atoms with van der Waals surface area (Å²) < 4.78 is 0. The van der Waals surface area contributed by atoms with Crippen molar-refractivity contribution in [3.8, 4) is 0 Å². The molecule has 2 aromatic carbocycles. The van der Waals surface area contributed by atoms with Crippen molar-refractivity contribution in [2.45, 2.75) is 59.5 Å². The van der Waals surface area contributed by atoms with Crippen LogP contribution in [-0.4, -0.2) is 35.5 Å². The molecule has 1 N–H and O–H groups in total. The van der Waals surface area contributed by atoms with E-state index in [2.05, 4.69) is 26.2 Å². The fourth-order valence-electron chi connectivity index (χ4n) is 2.91. The molecule has 0 saturated carbocycles. The van der Waals surface area contributed by atoms with E-state index in [1.54, 1.807) is 24.3 Å². The molecule has 0 fully saturated rings. The van der Waals surface area contributed by atoms with Crippen molar-refractivity contribution in [3.05, 3.63) is 64.2 Å². The molecule has 0 radical (unpaired) electrons. The molecular weight excluding hydrogens is 398 g/mol. The third-order valence-electron chi connectivity index (χ3n) is 5.02. The normalized spacial score (nSPS) is 11.4. The highest BCUT2D eigenvalue weighted by Gasteiger charge is 2.30. The van der Waals surface area contributed by atoms with Crippen molar-refractivity contribution in [1.82, 2.24) is 10.4 Å². The van der Waals surface area contributed by atoms with E-state index in [1.807, 2.05) is 50.9 Å². The molecule has 0 unspecified atom stereocenters. The molecule has 0 aliphatic carbocycles. The van der Waals surface area contributed by atoms with E-state index in [4.69, 9.17) is 11.6 Å². The second-order valence-corrected chi connectivity index (χ2v) is 9.14. The average Bonchev–Trinajstić information content (AvgIpc) is 2.69. The van der Waals surface area contributed by atoms with Crippen LogP contribution >= 0.6 is 11.6 Å². The second-order valence-electron chi connectivity index (χ2n) is 8.71. The van der Waals surface area contributed by atoms with Crippen LogP contribution < -0.4 is 10.3 Å². The third kappa shape index (κ3) is 5.76. The maximum Gasteiger partial charge on any atom is 0.272 e. The molecule has 6 heteroatoms. The summed E-state index contributed by atoms with van der Waals surface area (Å²) in [5.41, 5.74) is 5.06. The minimum absolute atomic E-state index is 0.246. The van der Waals surface area contributed by atoms with Gasteiger partial charge in [0, 0.05) is 34.9 Å². The molecule has 30 heavy (non-hydrogen) atoms. The SMILES string of the molecule is CCc1ccc(C(=O)NN(C(=O)c2cc(Cl)cc(N(C)C(C)C)c2)C(C)(C)C)cc1. The van der Waals surface area contributed by atoms with E-state index in [9.17, 15) is 9.59 Å². The number of hydrazine groups is 1. The van der Waals surface area contributed by atoms with Crippen LogP contribution in [0.4, 0.5) is 5.69 Å². The minimum Gasteiger partial charge on any atom is -0.372 e. The predicted octanol–water partition coefficient (Wildman–Crippen LogP) is 5.33. The first kappa shape index (κ1) is 23.7. The van der Waals surface area contributed by atoms with Gasteiger partial charge in [-0.3, -0.25) is 15.0 Å². The summed E-state index contributed by atoms with van der Waals surface area (Å²) in [4.78, 5) is 28.3. The van der Waals surface area contributed by atoms with Crippen LogP contribution in [0.5, 0.6) is 0 Å². The molecule has 2 rings (SSSR count). The first-order chi connectivity index (χ1) is 13.9. The largest absolute Gasteiger partial charge is 0.372 e. The van der Waals surface area contributed by atoms with Gasteiger partial charge in [-0.1, -0.05) is 30.7 Å². The average molecular weight is 430 g/mol. The molecule has 0 aromatic heterocycles. The zero-order valence-corrected chi connectivity index (χ0v) is 19.7. The van der Waals surface area contributed by atoms with E-state index in [-0.39, 0.29) is 17.9 Å². The quantitative estimate of drug-likeness (QED) is 0.653. The van der Waals surface area contributed by atoms with E-state index < -0.39 is 5.54 Å². The van der Waals surface area contributed by atoms with Gasteiger partial charge >= 0.3 is 0 Å². The molecule has 2 aromatic rings. The fraction of sp³-hybridized carbons (Fsp3) is 0.417. The highest BCUT2D eigenvalue weighted by atomic mass is 35.5. The highest BCUT2D eigenvalue weighted by Crippen LogP contribution is 2.25. The Balaban J connectivity index is 2.35. The van der Waals surface area contributed by atoms with Crippen LogP contribution in [0.1, 0.15) is 67.8 Å². The number of benzene rings is 2. The first-order valence-corrected chi connectivity index (χ1v) is 10.6. The van der Waals surface area contributed by atoms with Gasteiger partial charge < -0.3 is 4.90 Å². The van der Waals surface area contributed by atoms with Crippen molar-refractivity contribution in [2.75, 3.05) is 11.9 Å². The van der Waals surface area contributed by atoms with Crippen LogP contribution in [0.15, 0.2) is 42.5 Å². The van der Waals surface area contributed by atoms with Gasteiger partial charge in [-0.15, -0.1) is 0 Å². The monoisotopic (exact) mass is 429 g/mol. The van der Waals surface area contributed by atoms with Crippen LogP contribution in [-0.2, 0) is 6.42 Å². The van der Waals surface area contributed by atoms with Crippen molar-refractivity contribution in [3.63, 3.8) is 0 Å². The molecule has 0 aliphatic heterocycles. The predicted molar refractivity (Wildman–Crippen MR) is 124 cm³/mol. The lowest BCUT2D eigenvalue weighted by Gasteiger charge is -2.36. The van der Waals surface area contributed by atoms with Crippen molar-refractivity contribution in [1.29, 1.82) is 0 Å². The Morgan fingerprint density at radius 2 is 1.63 bits per heavy atom. The Morgan fingerprint density at radius 3 is 2.13 bits per heavy atom. The van der Waals surface area contributed by atoms with Crippen molar-refractivity contribution >= 4 is 29.1 Å².